The lowest BCUT2D eigenvalue weighted by Gasteiger charge is -2.20. The Bertz CT molecular complexity index is 517. The first-order chi connectivity index (χ1) is 9.02. The van der Waals surface area contributed by atoms with Crippen molar-refractivity contribution in [2.24, 2.45) is 5.92 Å². The van der Waals surface area contributed by atoms with E-state index < -0.39 is 11.9 Å². The average molecular weight is 284 g/mol. The SMILES string of the molecule is CCOc1cc(Cl)ccc1N1CC(C(=O)O)CC1=O. The summed E-state index contributed by atoms with van der Waals surface area (Å²) in [5, 5.41) is 9.49. The van der Waals surface area contributed by atoms with Crippen molar-refractivity contribution in [3.05, 3.63) is 23.2 Å². The minimum absolute atomic E-state index is 0.0174. The van der Waals surface area contributed by atoms with Gasteiger partial charge in [0.15, 0.2) is 0 Å². The Hall–Kier alpha value is -1.75. The van der Waals surface area contributed by atoms with Crippen LogP contribution in [-0.4, -0.2) is 30.1 Å². The van der Waals surface area contributed by atoms with Gasteiger partial charge in [-0.25, -0.2) is 0 Å². The van der Waals surface area contributed by atoms with Gasteiger partial charge in [0, 0.05) is 24.1 Å². The van der Waals surface area contributed by atoms with Crippen LogP contribution in [0.5, 0.6) is 5.75 Å². The smallest absolute Gasteiger partial charge is 0.308 e. The van der Waals surface area contributed by atoms with E-state index in [1.807, 2.05) is 6.92 Å². The first-order valence-electron chi connectivity index (χ1n) is 5.98. The van der Waals surface area contributed by atoms with Crippen LogP contribution in [-0.2, 0) is 9.59 Å². The number of amides is 1. The van der Waals surface area contributed by atoms with Gasteiger partial charge in [-0.1, -0.05) is 11.6 Å². The fourth-order valence-corrected chi connectivity index (χ4v) is 2.25. The van der Waals surface area contributed by atoms with Gasteiger partial charge in [0.25, 0.3) is 0 Å². The fourth-order valence-electron chi connectivity index (χ4n) is 2.09. The van der Waals surface area contributed by atoms with Crippen molar-refractivity contribution in [2.45, 2.75) is 13.3 Å². The number of hydrogen-bond donors (Lipinski definition) is 1. The summed E-state index contributed by atoms with van der Waals surface area (Å²) in [6.07, 6.45) is 0.0174. The molecule has 6 heteroatoms. The number of anilines is 1. The summed E-state index contributed by atoms with van der Waals surface area (Å²) in [6, 6.07) is 4.96. The van der Waals surface area contributed by atoms with Crippen LogP contribution in [0, 0.1) is 5.92 Å². The fraction of sp³-hybridized carbons (Fsp3) is 0.385. The number of benzene rings is 1. The monoisotopic (exact) mass is 283 g/mol. The molecule has 0 spiro atoms. The molecule has 102 valence electrons. The van der Waals surface area contributed by atoms with E-state index in [2.05, 4.69) is 0 Å². The summed E-state index contributed by atoms with van der Waals surface area (Å²) in [7, 11) is 0. The minimum Gasteiger partial charge on any atom is -0.492 e. The molecule has 1 aromatic rings. The topological polar surface area (TPSA) is 66.8 Å². The quantitative estimate of drug-likeness (QED) is 0.920. The van der Waals surface area contributed by atoms with Gasteiger partial charge >= 0.3 is 5.97 Å². The van der Waals surface area contributed by atoms with Crippen LogP contribution >= 0.6 is 11.6 Å². The zero-order valence-electron chi connectivity index (χ0n) is 10.4. The molecule has 1 saturated heterocycles. The summed E-state index contributed by atoms with van der Waals surface area (Å²) < 4.78 is 5.45. The van der Waals surface area contributed by atoms with Crippen LogP contribution in [0.1, 0.15) is 13.3 Å². The van der Waals surface area contributed by atoms with Crippen molar-refractivity contribution >= 4 is 29.2 Å². The Morgan fingerprint density at radius 3 is 2.89 bits per heavy atom. The molecule has 1 aliphatic heterocycles. The van der Waals surface area contributed by atoms with E-state index in [4.69, 9.17) is 21.4 Å². The Balaban J connectivity index is 2.31. The third kappa shape index (κ3) is 2.81. The van der Waals surface area contributed by atoms with Gasteiger partial charge < -0.3 is 14.7 Å². The molecule has 2 rings (SSSR count). The molecule has 1 N–H and O–H groups in total. The van der Waals surface area contributed by atoms with E-state index in [1.165, 1.54) is 4.90 Å². The molecule has 0 aliphatic carbocycles. The average Bonchev–Trinajstić information content (AvgIpc) is 2.72. The van der Waals surface area contributed by atoms with Gasteiger partial charge in [0.1, 0.15) is 5.75 Å². The van der Waals surface area contributed by atoms with E-state index in [1.54, 1.807) is 18.2 Å². The van der Waals surface area contributed by atoms with Crippen LogP contribution in [0.15, 0.2) is 18.2 Å². The number of carbonyl (C=O) groups is 2. The molecular weight excluding hydrogens is 270 g/mol. The summed E-state index contributed by atoms with van der Waals surface area (Å²) in [5.74, 6) is -1.34. The van der Waals surface area contributed by atoms with E-state index in [-0.39, 0.29) is 18.9 Å². The van der Waals surface area contributed by atoms with Crippen LogP contribution in [0.3, 0.4) is 0 Å². The van der Waals surface area contributed by atoms with Gasteiger partial charge in [-0.05, 0) is 19.1 Å². The number of hydrogen-bond acceptors (Lipinski definition) is 3. The Kier molecular flexibility index (Phi) is 3.95. The van der Waals surface area contributed by atoms with Gasteiger partial charge in [-0.2, -0.15) is 0 Å². The third-order valence-corrected chi connectivity index (χ3v) is 3.22. The second kappa shape index (κ2) is 5.48. The third-order valence-electron chi connectivity index (χ3n) is 2.99. The molecule has 1 amide bonds. The second-order valence-electron chi connectivity index (χ2n) is 4.29. The largest absolute Gasteiger partial charge is 0.492 e. The number of rotatable bonds is 4. The first kappa shape index (κ1) is 13.7. The number of carboxylic acid groups (broad SMARTS) is 1. The molecule has 5 nitrogen and oxygen atoms in total. The first-order valence-corrected chi connectivity index (χ1v) is 6.36. The van der Waals surface area contributed by atoms with Crippen molar-refractivity contribution in [1.29, 1.82) is 0 Å². The van der Waals surface area contributed by atoms with Gasteiger partial charge in [-0.15, -0.1) is 0 Å². The van der Waals surface area contributed by atoms with E-state index in [0.717, 1.165) is 0 Å². The Labute approximate surface area is 115 Å². The maximum Gasteiger partial charge on any atom is 0.308 e. The van der Waals surface area contributed by atoms with Crippen LogP contribution in [0.2, 0.25) is 5.02 Å². The lowest BCUT2D eigenvalue weighted by atomic mass is 10.1. The van der Waals surface area contributed by atoms with Gasteiger partial charge in [-0.3, -0.25) is 9.59 Å². The van der Waals surface area contributed by atoms with Crippen molar-refractivity contribution in [1.82, 2.24) is 0 Å². The molecule has 1 aromatic carbocycles. The number of nitrogens with zero attached hydrogens (tertiary/aromatic N) is 1. The number of carbonyl (C=O) groups excluding carboxylic acids is 1. The highest BCUT2D eigenvalue weighted by Gasteiger charge is 2.36. The van der Waals surface area contributed by atoms with Gasteiger partial charge in [0.2, 0.25) is 5.91 Å². The summed E-state index contributed by atoms with van der Waals surface area (Å²) in [6.45, 7) is 2.43. The minimum atomic E-state index is -0.956. The van der Waals surface area contributed by atoms with Crippen LogP contribution in [0.4, 0.5) is 5.69 Å². The number of halogens is 1. The molecular formula is C13H14ClNO4. The van der Waals surface area contributed by atoms with Crippen molar-refractivity contribution in [3.8, 4) is 5.75 Å². The summed E-state index contributed by atoms with van der Waals surface area (Å²) in [4.78, 5) is 24.3. The van der Waals surface area contributed by atoms with Crippen molar-refractivity contribution < 1.29 is 19.4 Å². The summed E-state index contributed by atoms with van der Waals surface area (Å²) in [5.41, 5.74) is 0.569. The van der Waals surface area contributed by atoms with E-state index >= 15 is 0 Å². The van der Waals surface area contributed by atoms with Crippen LogP contribution in [0.25, 0.3) is 0 Å². The maximum absolute atomic E-state index is 11.9. The molecule has 0 aromatic heterocycles. The number of ether oxygens (including phenoxy) is 1. The van der Waals surface area contributed by atoms with E-state index in [9.17, 15) is 9.59 Å². The number of aliphatic carboxylic acids is 1. The predicted octanol–water partition coefficient (Wildman–Crippen LogP) is 2.18. The zero-order chi connectivity index (χ0) is 14.0. The molecule has 1 unspecified atom stereocenters. The van der Waals surface area contributed by atoms with Crippen molar-refractivity contribution in [2.75, 3.05) is 18.1 Å². The standard InChI is InChI=1S/C13H14ClNO4/c1-2-19-11-6-9(14)3-4-10(11)15-7-8(13(17)18)5-12(15)16/h3-4,6,8H,2,5,7H2,1H3,(H,17,18). The normalized spacial score (nSPS) is 18.7. The highest BCUT2D eigenvalue weighted by atomic mass is 35.5. The molecule has 0 saturated carbocycles. The second-order valence-corrected chi connectivity index (χ2v) is 4.73. The molecule has 19 heavy (non-hydrogen) atoms. The predicted molar refractivity (Wildman–Crippen MR) is 70.7 cm³/mol. The molecule has 1 atom stereocenters. The molecule has 0 bridgehead atoms. The lowest BCUT2D eigenvalue weighted by molar-refractivity contribution is -0.141. The van der Waals surface area contributed by atoms with Crippen molar-refractivity contribution in [3.63, 3.8) is 0 Å². The highest BCUT2D eigenvalue weighted by Crippen LogP contribution is 2.35. The molecule has 1 fully saturated rings. The Morgan fingerprint density at radius 1 is 1.58 bits per heavy atom. The zero-order valence-corrected chi connectivity index (χ0v) is 11.2. The van der Waals surface area contributed by atoms with E-state index in [0.29, 0.717) is 23.1 Å². The Morgan fingerprint density at radius 2 is 2.32 bits per heavy atom. The summed E-state index contributed by atoms with van der Waals surface area (Å²) >= 11 is 5.90. The van der Waals surface area contributed by atoms with Gasteiger partial charge in [0.05, 0.1) is 18.2 Å². The highest BCUT2D eigenvalue weighted by molar-refractivity contribution is 6.30. The molecule has 1 aliphatic rings. The maximum atomic E-state index is 11.9. The van der Waals surface area contributed by atoms with Crippen LogP contribution < -0.4 is 9.64 Å². The molecule has 0 radical (unpaired) electrons. The number of carboxylic acids is 1. The lowest BCUT2D eigenvalue weighted by Crippen LogP contribution is -2.26. The molecule has 1 heterocycles.